The summed E-state index contributed by atoms with van der Waals surface area (Å²) in [5.41, 5.74) is 3.51. The first-order chi connectivity index (χ1) is 14.0. The van der Waals surface area contributed by atoms with E-state index >= 15 is 0 Å². The standard InChI is InChI=1S/C21H23ClN4O3/c1-14-4-6-16(7-5-14)19-24-21(29-13-12-28-3)25-26(19)18-10-8-17(9-11-18)23-20(27)15(2)22/h4-11,15H,12-13H2,1-3H3,(H,23,27)/t15-/m0/s1. The quantitative estimate of drug-likeness (QED) is 0.447. The number of rotatable bonds is 8. The minimum atomic E-state index is -0.607. The van der Waals surface area contributed by atoms with E-state index in [4.69, 9.17) is 21.1 Å². The van der Waals surface area contributed by atoms with Crippen LogP contribution in [0.15, 0.2) is 48.5 Å². The van der Waals surface area contributed by atoms with E-state index < -0.39 is 5.38 Å². The summed E-state index contributed by atoms with van der Waals surface area (Å²) in [6, 6.07) is 15.6. The number of amides is 1. The molecule has 1 atom stereocenters. The summed E-state index contributed by atoms with van der Waals surface area (Å²) in [6.45, 7) is 4.46. The maximum absolute atomic E-state index is 11.8. The highest BCUT2D eigenvalue weighted by Crippen LogP contribution is 2.25. The van der Waals surface area contributed by atoms with E-state index in [0.717, 1.165) is 16.8 Å². The molecule has 0 unspecified atom stereocenters. The van der Waals surface area contributed by atoms with Crippen LogP contribution in [0.25, 0.3) is 17.1 Å². The summed E-state index contributed by atoms with van der Waals surface area (Å²) in [4.78, 5) is 16.3. The molecule has 0 saturated carbocycles. The molecule has 0 bridgehead atoms. The minimum absolute atomic E-state index is 0.255. The van der Waals surface area contributed by atoms with Crippen molar-refractivity contribution in [3.63, 3.8) is 0 Å². The van der Waals surface area contributed by atoms with E-state index in [1.54, 1.807) is 30.8 Å². The molecule has 0 spiro atoms. The molecule has 8 heteroatoms. The van der Waals surface area contributed by atoms with Crippen molar-refractivity contribution in [3.05, 3.63) is 54.1 Å². The number of nitrogens with one attached hydrogen (secondary N) is 1. The highest BCUT2D eigenvalue weighted by molar-refractivity contribution is 6.32. The number of halogens is 1. The molecule has 0 radical (unpaired) electrons. The molecule has 2 aromatic carbocycles. The Balaban J connectivity index is 1.91. The van der Waals surface area contributed by atoms with E-state index in [1.165, 1.54) is 0 Å². The lowest BCUT2D eigenvalue weighted by atomic mass is 10.1. The van der Waals surface area contributed by atoms with Crippen molar-refractivity contribution < 1.29 is 14.3 Å². The van der Waals surface area contributed by atoms with Gasteiger partial charge in [-0.15, -0.1) is 16.7 Å². The van der Waals surface area contributed by atoms with Gasteiger partial charge in [0, 0.05) is 18.4 Å². The van der Waals surface area contributed by atoms with Crippen LogP contribution in [0.4, 0.5) is 5.69 Å². The van der Waals surface area contributed by atoms with Crippen molar-refractivity contribution in [3.8, 4) is 23.1 Å². The minimum Gasteiger partial charge on any atom is -0.460 e. The van der Waals surface area contributed by atoms with Gasteiger partial charge < -0.3 is 14.8 Å². The Morgan fingerprint density at radius 1 is 1.14 bits per heavy atom. The number of benzene rings is 2. The summed E-state index contributed by atoms with van der Waals surface area (Å²) in [7, 11) is 1.61. The van der Waals surface area contributed by atoms with Gasteiger partial charge >= 0.3 is 6.01 Å². The predicted molar refractivity (Wildman–Crippen MR) is 113 cm³/mol. The summed E-state index contributed by atoms with van der Waals surface area (Å²) in [6.07, 6.45) is 0. The third kappa shape index (κ3) is 5.34. The molecule has 0 fully saturated rings. The Bertz CT molecular complexity index is 953. The van der Waals surface area contributed by atoms with E-state index in [0.29, 0.717) is 24.7 Å². The Labute approximate surface area is 174 Å². The van der Waals surface area contributed by atoms with Gasteiger partial charge in [-0.05, 0) is 38.1 Å². The first-order valence-electron chi connectivity index (χ1n) is 9.19. The average Bonchev–Trinajstić information content (AvgIpc) is 3.13. The number of ether oxygens (including phenoxy) is 2. The van der Waals surface area contributed by atoms with Crippen LogP contribution in [0.5, 0.6) is 6.01 Å². The SMILES string of the molecule is COCCOc1nc(-c2ccc(C)cc2)n(-c2ccc(NC(=O)[C@H](C)Cl)cc2)n1. The largest absolute Gasteiger partial charge is 0.460 e. The second-order valence-corrected chi connectivity index (χ2v) is 7.14. The fourth-order valence-electron chi connectivity index (χ4n) is 2.57. The van der Waals surface area contributed by atoms with Crippen molar-refractivity contribution in [2.24, 2.45) is 0 Å². The van der Waals surface area contributed by atoms with Crippen LogP contribution in [0.2, 0.25) is 0 Å². The van der Waals surface area contributed by atoms with Crippen LogP contribution >= 0.6 is 11.6 Å². The fourth-order valence-corrected chi connectivity index (χ4v) is 2.62. The topological polar surface area (TPSA) is 78.3 Å². The zero-order valence-corrected chi connectivity index (χ0v) is 17.3. The van der Waals surface area contributed by atoms with Crippen LogP contribution < -0.4 is 10.1 Å². The number of hydrogen-bond acceptors (Lipinski definition) is 5. The Kier molecular flexibility index (Phi) is 6.85. The number of hydrogen-bond donors (Lipinski definition) is 1. The molecule has 0 aliphatic carbocycles. The molecule has 1 N–H and O–H groups in total. The molecule has 1 amide bonds. The summed E-state index contributed by atoms with van der Waals surface area (Å²) < 4.78 is 12.3. The molecule has 3 rings (SSSR count). The van der Waals surface area contributed by atoms with E-state index in [1.807, 2.05) is 43.3 Å². The summed E-state index contributed by atoms with van der Waals surface area (Å²) in [5, 5.41) is 6.64. The van der Waals surface area contributed by atoms with Gasteiger partial charge in [0.05, 0.1) is 12.3 Å². The lowest BCUT2D eigenvalue weighted by Gasteiger charge is -2.09. The molecule has 152 valence electrons. The highest BCUT2D eigenvalue weighted by Gasteiger charge is 2.15. The second kappa shape index (κ2) is 9.54. The first-order valence-corrected chi connectivity index (χ1v) is 9.63. The molecule has 29 heavy (non-hydrogen) atoms. The van der Waals surface area contributed by atoms with Crippen LogP contribution in [-0.2, 0) is 9.53 Å². The molecule has 0 aliphatic heterocycles. The van der Waals surface area contributed by atoms with Crippen LogP contribution in [0.3, 0.4) is 0 Å². The number of carbonyl (C=O) groups is 1. The number of aryl methyl sites for hydroxylation is 1. The summed E-state index contributed by atoms with van der Waals surface area (Å²) >= 11 is 5.80. The van der Waals surface area contributed by atoms with Gasteiger partial charge in [0.15, 0.2) is 5.82 Å². The maximum Gasteiger partial charge on any atom is 0.336 e. The molecule has 0 saturated heterocycles. The second-order valence-electron chi connectivity index (χ2n) is 6.49. The molecule has 1 heterocycles. The van der Waals surface area contributed by atoms with Crippen molar-refractivity contribution in [2.75, 3.05) is 25.6 Å². The van der Waals surface area contributed by atoms with Gasteiger partial charge in [-0.3, -0.25) is 4.79 Å². The monoisotopic (exact) mass is 414 g/mol. The van der Waals surface area contributed by atoms with Crippen molar-refractivity contribution in [1.82, 2.24) is 14.8 Å². The fraction of sp³-hybridized carbons (Fsp3) is 0.286. The molecular formula is C21H23ClN4O3. The van der Waals surface area contributed by atoms with Crippen LogP contribution in [0, 0.1) is 6.92 Å². The third-order valence-electron chi connectivity index (χ3n) is 4.16. The number of aromatic nitrogens is 3. The van der Waals surface area contributed by atoms with Crippen molar-refractivity contribution in [1.29, 1.82) is 0 Å². The first kappa shape index (κ1) is 20.8. The van der Waals surface area contributed by atoms with Gasteiger partial charge in [-0.2, -0.15) is 4.98 Å². The molecule has 0 aliphatic rings. The lowest BCUT2D eigenvalue weighted by molar-refractivity contribution is -0.115. The zero-order chi connectivity index (χ0) is 20.8. The normalized spacial score (nSPS) is 11.9. The number of carbonyl (C=O) groups excluding carboxylic acids is 1. The van der Waals surface area contributed by atoms with Crippen LogP contribution in [0.1, 0.15) is 12.5 Å². The summed E-state index contributed by atoms with van der Waals surface area (Å²) in [5.74, 6) is 0.401. The third-order valence-corrected chi connectivity index (χ3v) is 4.35. The molecule has 1 aromatic heterocycles. The predicted octanol–water partition coefficient (Wildman–Crippen LogP) is 3.83. The Hall–Kier alpha value is -2.90. The number of nitrogens with zero attached hydrogens (tertiary/aromatic N) is 3. The Morgan fingerprint density at radius 2 is 1.83 bits per heavy atom. The van der Waals surface area contributed by atoms with E-state index in [-0.39, 0.29) is 11.9 Å². The maximum atomic E-state index is 11.8. The molecule has 3 aromatic rings. The van der Waals surface area contributed by atoms with E-state index in [2.05, 4.69) is 15.4 Å². The molecular weight excluding hydrogens is 392 g/mol. The zero-order valence-electron chi connectivity index (χ0n) is 16.6. The van der Waals surface area contributed by atoms with Gasteiger partial charge in [0.25, 0.3) is 0 Å². The number of methoxy groups -OCH3 is 1. The van der Waals surface area contributed by atoms with Gasteiger partial charge in [0.1, 0.15) is 12.0 Å². The Morgan fingerprint density at radius 3 is 2.45 bits per heavy atom. The highest BCUT2D eigenvalue weighted by atomic mass is 35.5. The average molecular weight is 415 g/mol. The number of alkyl halides is 1. The van der Waals surface area contributed by atoms with Gasteiger partial charge in [0.2, 0.25) is 5.91 Å². The van der Waals surface area contributed by atoms with Gasteiger partial charge in [-0.25, -0.2) is 4.68 Å². The van der Waals surface area contributed by atoms with Crippen molar-refractivity contribution >= 4 is 23.2 Å². The lowest BCUT2D eigenvalue weighted by Crippen LogP contribution is -2.20. The molecule has 7 nitrogen and oxygen atoms in total. The number of anilines is 1. The van der Waals surface area contributed by atoms with E-state index in [9.17, 15) is 4.79 Å². The van der Waals surface area contributed by atoms with Crippen molar-refractivity contribution in [2.45, 2.75) is 19.2 Å². The van der Waals surface area contributed by atoms with Crippen LogP contribution in [-0.4, -0.2) is 46.4 Å². The smallest absolute Gasteiger partial charge is 0.336 e. The van der Waals surface area contributed by atoms with Gasteiger partial charge in [-0.1, -0.05) is 29.8 Å².